The maximum atomic E-state index is 12.5. The summed E-state index contributed by atoms with van der Waals surface area (Å²) in [6, 6.07) is 12.8. The molecule has 3 aromatic rings. The van der Waals surface area contributed by atoms with Crippen molar-refractivity contribution in [3.63, 3.8) is 0 Å². The van der Waals surface area contributed by atoms with Crippen molar-refractivity contribution < 1.29 is 9.53 Å². The lowest BCUT2D eigenvalue weighted by Crippen LogP contribution is -2.40. The molecule has 2 aromatic carbocycles. The van der Waals surface area contributed by atoms with Gasteiger partial charge in [0.25, 0.3) is 0 Å². The number of anilines is 2. The highest BCUT2D eigenvalue weighted by Crippen LogP contribution is 2.35. The summed E-state index contributed by atoms with van der Waals surface area (Å²) < 4.78 is 4.98. The van der Waals surface area contributed by atoms with E-state index in [-0.39, 0.29) is 5.82 Å². The molecular formula is C27H29N5O2. The van der Waals surface area contributed by atoms with E-state index in [1.54, 1.807) is 0 Å². The van der Waals surface area contributed by atoms with Crippen LogP contribution in [0.5, 0.6) is 0 Å². The first-order chi connectivity index (χ1) is 16.6. The van der Waals surface area contributed by atoms with E-state index in [2.05, 4.69) is 67.9 Å². The van der Waals surface area contributed by atoms with E-state index in [1.807, 2.05) is 0 Å². The van der Waals surface area contributed by atoms with Crippen LogP contribution in [0, 0.1) is 19.4 Å². The molecule has 7 nitrogen and oxygen atoms in total. The van der Waals surface area contributed by atoms with Gasteiger partial charge in [-0.1, -0.05) is 30.3 Å². The lowest BCUT2D eigenvalue weighted by molar-refractivity contribution is 0.0586. The fourth-order valence-electron chi connectivity index (χ4n) is 5.36. The average molecular weight is 456 g/mol. The summed E-state index contributed by atoms with van der Waals surface area (Å²) in [5.41, 5.74) is 4.44. The predicted molar refractivity (Wildman–Crippen MR) is 133 cm³/mol. The van der Waals surface area contributed by atoms with Crippen molar-refractivity contribution >= 4 is 28.2 Å². The highest BCUT2D eigenvalue weighted by molar-refractivity contribution is 5.97. The molecule has 0 unspecified atom stereocenters. The van der Waals surface area contributed by atoms with Crippen molar-refractivity contribution in [3.05, 3.63) is 70.5 Å². The van der Waals surface area contributed by atoms with E-state index in [9.17, 15) is 4.79 Å². The number of nitrogens with zero attached hydrogens (tertiary/aromatic N) is 5. The van der Waals surface area contributed by atoms with Gasteiger partial charge in [-0.15, -0.1) is 0 Å². The number of piperidine rings is 1. The summed E-state index contributed by atoms with van der Waals surface area (Å²) in [6.45, 7) is 13.1. The Morgan fingerprint density at radius 3 is 2.79 bits per heavy atom. The van der Waals surface area contributed by atoms with Gasteiger partial charge in [-0.2, -0.15) is 0 Å². The lowest BCUT2D eigenvalue weighted by atomic mass is 9.96. The average Bonchev–Trinajstić information content (AvgIpc) is 2.87. The quantitative estimate of drug-likeness (QED) is 0.429. The molecular weight excluding hydrogens is 426 g/mol. The van der Waals surface area contributed by atoms with Gasteiger partial charge >= 0.3 is 5.97 Å². The smallest absolute Gasteiger partial charge is 0.376 e. The van der Waals surface area contributed by atoms with Gasteiger partial charge in [0.15, 0.2) is 0 Å². The Hall–Kier alpha value is -3.66. The van der Waals surface area contributed by atoms with Gasteiger partial charge in [0.2, 0.25) is 12.4 Å². The van der Waals surface area contributed by atoms with Crippen LogP contribution in [-0.4, -0.2) is 49.2 Å². The minimum atomic E-state index is -0.517. The molecule has 0 saturated carbocycles. The summed E-state index contributed by atoms with van der Waals surface area (Å²) in [5.74, 6) is 0.766. The monoisotopic (exact) mass is 455 g/mol. The summed E-state index contributed by atoms with van der Waals surface area (Å²) >= 11 is 0. The van der Waals surface area contributed by atoms with E-state index in [4.69, 9.17) is 11.3 Å². The first kappa shape index (κ1) is 22.1. The van der Waals surface area contributed by atoms with Gasteiger partial charge in [0.05, 0.1) is 19.3 Å². The topological polar surface area (TPSA) is 62.9 Å². The molecule has 0 radical (unpaired) electrons. The number of hydrogen-bond donors (Lipinski definition) is 0. The third-order valence-corrected chi connectivity index (χ3v) is 7.01. The van der Waals surface area contributed by atoms with Crippen LogP contribution in [0.15, 0.2) is 36.4 Å². The number of methoxy groups -OCH3 is 1. The number of esters is 1. The standard InChI is InChI=1S/C27H29N5O2/c1-18-7-4-9-20-10-5-11-23(24(18)20)31-14-12-21-22(17-31)29-25(27(33)34-3)30-26(21)32-13-6-8-19(16-32)15-28-2/h4-5,7,9-11,19H,6,8,12-17H2,1,3H3/t19-/m0/s1. The summed E-state index contributed by atoms with van der Waals surface area (Å²) in [7, 11) is 1.36. The molecule has 1 saturated heterocycles. The largest absolute Gasteiger partial charge is 0.463 e. The molecule has 0 spiro atoms. The van der Waals surface area contributed by atoms with Gasteiger partial charge in [-0.05, 0) is 43.2 Å². The first-order valence-corrected chi connectivity index (χ1v) is 11.9. The zero-order valence-corrected chi connectivity index (χ0v) is 19.8. The number of benzene rings is 2. The Kier molecular flexibility index (Phi) is 6.06. The van der Waals surface area contributed by atoms with E-state index in [0.29, 0.717) is 19.0 Å². The minimum Gasteiger partial charge on any atom is -0.463 e. The summed E-state index contributed by atoms with van der Waals surface area (Å²) in [4.78, 5) is 30.0. The second-order valence-corrected chi connectivity index (χ2v) is 9.20. The van der Waals surface area contributed by atoms with Crippen molar-refractivity contribution in [2.75, 3.05) is 43.1 Å². The van der Waals surface area contributed by atoms with Crippen molar-refractivity contribution in [2.24, 2.45) is 5.92 Å². The molecule has 1 atom stereocenters. The number of carbonyl (C=O) groups excluding carboxylic acids is 1. The van der Waals surface area contributed by atoms with Crippen molar-refractivity contribution in [2.45, 2.75) is 32.7 Å². The molecule has 3 heterocycles. The van der Waals surface area contributed by atoms with Crippen molar-refractivity contribution in [3.8, 4) is 0 Å². The number of aromatic nitrogens is 2. The van der Waals surface area contributed by atoms with Gasteiger partial charge in [-0.3, -0.25) is 0 Å². The Balaban J connectivity index is 1.54. The van der Waals surface area contributed by atoms with Gasteiger partial charge in [0.1, 0.15) is 5.82 Å². The fourth-order valence-corrected chi connectivity index (χ4v) is 5.36. The van der Waals surface area contributed by atoms with E-state index < -0.39 is 5.97 Å². The van der Waals surface area contributed by atoms with Crippen LogP contribution >= 0.6 is 0 Å². The highest BCUT2D eigenvalue weighted by Gasteiger charge is 2.30. The lowest BCUT2D eigenvalue weighted by Gasteiger charge is -2.36. The van der Waals surface area contributed by atoms with Crippen molar-refractivity contribution in [1.82, 2.24) is 9.97 Å². The molecule has 7 heteroatoms. The predicted octanol–water partition coefficient (Wildman–Crippen LogP) is 4.42. The van der Waals surface area contributed by atoms with Crippen LogP contribution in [0.25, 0.3) is 15.6 Å². The maximum absolute atomic E-state index is 12.5. The highest BCUT2D eigenvalue weighted by atomic mass is 16.5. The molecule has 2 aliphatic rings. The molecule has 174 valence electrons. The molecule has 34 heavy (non-hydrogen) atoms. The number of ether oxygens (including phenoxy) is 1. The molecule has 1 aromatic heterocycles. The molecule has 5 rings (SSSR count). The van der Waals surface area contributed by atoms with Gasteiger partial charge in [-0.25, -0.2) is 21.3 Å². The number of hydrogen-bond acceptors (Lipinski definition) is 6. The van der Waals surface area contributed by atoms with Crippen molar-refractivity contribution in [1.29, 1.82) is 0 Å². The van der Waals surface area contributed by atoms with Gasteiger partial charge < -0.3 is 19.4 Å². The Labute approximate surface area is 200 Å². The Morgan fingerprint density at radius 2 is 2.00 bits per heavy atom. The first-order valence-electron chi connectivity index (χ1n) is 11.9. The maximum Gasteiger partial charge on any atom is 0.376 e. The number of carbonyl (C=O) groups is 1. The number of aryl methyl sites for hydroxylation is 1. The summed E-state index contributed by atoms with van der Waals surface area (Å²) in [6.07, 6.45) is 2.89. The Bertz CT molecular complexity index is 1280. The van der Waals surface area contributed by atoms with Crippen LogP contribution < -0.4 is 9.80 Å². The van der Waals surface area contributed by atoms with Crippen LogP contribution in [0.3, 0.4) is 0 Å². The van der Waals surface area contributed by atoms with Gasteiger partial charge in [0, 0.05) is 42.2 Å². The number of rotatable bonds is 4. The number of fused-ring (bicyclic) bond motifs is 2. The normalized spacial score (nSPS) is 17.9. The molecule has 1 fully saturated rings. The third kappa shape index (κ3) is 4.05. The molecule has 0 N–H and O–H groups in total. The summed E-state index contributed by atoms with van der Waals surface area (Å²) in [5, 5.41) is 2.48. The van der Waals surface area contributed by atoms with E-state index in [0.717, 1.165) is 56.0 Å². The van der Waals surface area contributed by atoms with Crippen LogP contribution in [-0.2, 0) is 17.7 Å². The minimum absolute atomic E-state index is 0.111. The second kappa shape index (κ2) is 9.30. The van der Waals surface area contributed by atoms with Crippen LogP contribution in [0.4, 0.5) is 11.5 Å². The molecule has 0 bridgehead atoms. The van der Waals surface area contributed by atoms with E-state index >= 15 is 0 Å². The zero-order valence-electron chi connectivity index (χ0n) is 19.8. The second-order valence-electron chi connectivity index (χ2n) is 9.20. The fraction of sp³-hybridized carbons (Fsp3) is 0.407. The molecule has 0 aliphatic carbocycles. The van der Waals surface area contributed by atoms with Crippen LogP contribution in [0.1, 0.15) is 40.3 Å². The third-order valence-electron chi connectivity index (χ3n) is 7.01. The SMILES string of the molecule is [C-]#[N+]C[C@@H]1CCCN(c2nc(C(=O)OC)nc3c2CCN(c2cccc4cccc(C)c24)C3)C1. The zero-order chi connectivity index (χ0) is 23.7. The van der Waals surface area contributed by atoms with E-state index in [1.165, 1.54) is 29.1 Å². The Morgan fingerprint density at radius 1 is 1.18 bits per heavy atom. The molecule has 2 aliphatic heterocycles. The molecule has 0 amide bonds. The van der Waals surface area contributed by atoms with Crippen LogP contribution in [0.2, 0.25) is 0 Å².